The molecule has 0 saturated carbocycles. The second-order valence-corrected chi connectivity index (χ2v) is 8.46. The molecule has 0 spiro atoms. The number of hydrogen-bond donors (Lipinski definition) is 4. The summed E-state index contributed by atoms with van der Waals surface area (Å²) in [6.45, 7) is 0.420. The second-order valence-electron chi connectivity index (χ2n) is 8.46. The van der Waals surface area contributed by atoms with E-state index in [4.69, 9.17) is 14.9 Å². The van der Waals surface area contributed by atoms with E-state index in [0.29, 0.717) is 47.2 Å². The maximum atomic E-state index is 12.8. The van der Waals surface area contributed by atoms with Crippen LogP contribution in [0.4, 0.5) is 17.3 Å². The van der Waals surface area contributed by atoms with E-state index in [1.54, 1.807) is 64.0 Å². The van der Waals surface area contributed by atoms with Gasteiger partial charge >= 0.3 is 0 Å². The van der Waals surface area contributed by atoms with E-state index in [9.17, 15) is 4.79 Å². The van der Waals surface area contributed by atoms with E-state index in [0.717, 1.165) is 11.3 Å². The number of nitrogens with one attached hydrogen (secondary N) is 4. The molecule has 0 radical (unpaired) electrons. The molecule has 4 N–H and O–H groups in total. The zero-order chi connectivity index (χ0) is 27.6. The van der Waals surface area contributed by atoms with Gasteiger partial charge in [0.25, 0.3) is 0 Å². The minimum Gasteiger partial charge on any atom is -0.497 e. The monoisotopic (exact) mass is 522 g/mol. The molecule has 4 rings (SSSR count). The van der Waals surface area contributed by atoms with Crippen molar-refractivity contribution in [1.29, 1.82) is 5.41 Å². The number of aromatic nitrogens is 2. The maximum Gasteiger partial charge on any atom is 0.244 e. The van der Waals surface area contributed by atoms with Gasteiger partial charge in [0, 0.05) is 49.7 Å². The third kappa shape index (κ3) is 6.62. The molecule has 1 aliphatic carbocycles. The van der Waals surface area contributed by atoms with Crippen molar-refractivity contribution in [2.45, 2.75) is 13.0 Å². The molecule has 39 heavy (non-hydrogen) atoms. The number of allylic oxidation sites excluding steroid dienone is 3. The summed E-state index contributed by atoms with van der Waals surface area (Å²) < 4.78 is 10.8. The van der Waals surface area contributed by atoms with Crippen LogP contribution in [-0.2, 0) is 11.3 Å². The predicted molar refractivity (Wildman–Crippen MR) is 153 cm³/mol. The van der Waals surface area contributed by atoms with Crippen molar-refractivity contribution in [3.63, 3.8) is 0 Å². The van der Waals surface area contributed by atoms with Gasteiger partial charge in [0.1, 0.15) is 29.1 Å². The predicted octanol–water partition coefficient (Wildman–Crippen LogP) is 4.66. The molecule has 2 heterocycles. The molecule has 2 aromatic heterocycles. The van der Waals surface area contributed by atoms with Crippen molar-refractivity contribution in [2.75, 3.05) is 37.2 Å². The van der Waals surface area contributed by atoms with Crippen molar-refractivity contribution in [1.82, 2.24) is 9.97 Å². The van der Waals surface area contributed by atoms with Crippen LogP contribution in [-0.4, -0.2) is 42.9 Å². The zero-order valence-corrected chi connectivity index (χ0v) is 22.0. The fourth-order valence-corrected chi connectivity index (χ4v) is 4.00. The Morgan fingerprint density at radius 3 is 2.74 bits per heavy atom. The summed E-state index contributed by atoms with van der Waals surface area (Å²) in [5.74, 6) is 7.43. The number of rotatable bonds is 10. The summed E-state index contributed by atoms with van der Waals surface area (Å²) in [6, 6.07) is 12.7. The lowest BCUT2D eigenvalue weighted by Crippen LogP contribution is -2.21. The van der Waals surface area contributed by atoms with Crippen LogP contribution in [0.1, 0.15) is 17.5 Å². The highest BCUT2D eigenvalue weighted by atomic mass is 16.5. The Morgan fingerprint density at radius 2 is 2.00 bits per heavy atom. The fraction of sp³-hybridized carbons (Fsp3) is 0.200. The van der Waals surface area contributed by atoms with Crippen molar-refractivity contribution in [2.24, 2.45) is 5.92 Å². The average Bonchev–Trinajstić information content (AvgIpc) is 2.95. The van der Waals surface area contributed by atoms with Crippen LogP contribution >= 0.6 is 0 Å². The molecule has 1 amide bonds. The first-order valence-electron chi connectivity index (χ1n) is 12.3. The SMILES string of the molecule is CNc1ccnc(NCc2ccc(OC)cc2OC)c1C(=N)C1=C/CC#CC(C(=O)Nc2ccccn2)/C=C\1. The molecule has 1 aliphatic rings. The summed E-state index contributed by atoms with van der Waals surface area (Å²) in [5, 5.41) is 18.4. The lowest BCUT2D eigenvalue weighted by Gasteiger charge is -2.18. The number of nitrogens with zero attached hydrogens (tertiary/aromatic N) is 2. The van der Waals surface area contributed by atoms with Gasteiger partial charge in [-0.1, -0.05) is 36.1 Å². The van der Waals surface area contributed by atoms with Gasteiger partial charge in [0.2, 0.25) is 5.91 Å². The number of carbonyl (C=O) groups is 1. The third-order valence-corrected chi connectivity index (χ3v) is 6.05. The first-order chi connectivity index (χ1) is 19.0. The van der Waals surface area contributed by atoms with Gasteiger partial charge in [-0.25, -0.2) is 9.97 Å². The molecule has 1 aromatic carbocycles. The highest BCUT2D eigenvalue weighted by Crippen LogP contribution is 2.29. The van der Waals surface area contributed by atoms with Crippen molar-refractivity contribution in [3.8, 4) is 23.3 Å². The molecule has 0 fully saturated rings. The second kappa shape index (κ2) is 12.9. The quantitative estimate of drug-likeness (QED) is 0.226. The van der Waals surface area contributed by atoms with Gasteiger partial charge in [-0.3, -0.25) is 10.2 Å². The average molecular weight is 523 g/mol. The first kappa shape index (κ1) is 26.9. The molecular formula is C30H30N6O3. The van der Waals surface area contributed by atoms with Crippen molar-refractivity contribution < 1.29 is 14.3 Å². The largest absolute Gasteiger partial charge is 0.497 e. The standard InChI is InChI=1S/C30H30N6O3/c1-32-24-15-17-34-29(35-19-22-13-14-23(38-2)18-25(22)39-3)27(24)28(31)20-8-4-5-9-21(12-11-20)30(37)36-26-10-6-7-16-33-26/h6-8,10-18,21,31H,4,19H2,1-3H3,(H2,32,34,35)(H,33,36,37)/b12-11-,20-8+,31-28?. The molecule has 0 bridgehead atoms. The number of benzene rings is 1. The molecule has 0 aliphatic heterocycles. The number of pyridine rings is 2. The molecule has 198 valence electrons. The number of amides is 1. The lowest BCUT2D eigenvalue weighted by atomic mass is 9.96. The van der Waals surface area contributed by atoms with E-state index in [2.05, 4.69) is 37.8 Å². The molecule has 3 aromatic rings. The molecule has 0 saturated heterocycles. The lowest BCUT2D eigenvalue weighted by molar-refractivity contribution is -0.117. The fourth-order valence-electron chi connectivity index (χ4n) is 4.00. The van der Waals surface area contributed by atoms with Crippen LogP contribution < -0.4 is 25.4 Å². The maximum absolute atomic E-state index is 12.8. The zero-order valence-electron chi connectivity index (χ0n) is 22.0. The molecule has 1 atom stereocenters. The topological polar surface area (TPSA) is 121 Å². The highest BCUT2D eigenvalue weighted by molar-refractivity contribution is 6.18. The number of methoxy groups -OCH3 is 2. The molecule has 9 nitrogen and oxygen atoms in total. The van der Waals surface area contributed by atoms with Gasteiger partial charge in [0.05, 0.1) is 25.5 Å². The summed E-state index contributed by atoms with van der Waals surface area (Å²) in [6.07, 6.45) is 9.04. The molecule has 9 heteroatoms. The van der Waals surface area contributed by atoms with Crippen LogP contribution in [0.5, 0.6) is 11.5 Å². The van der Waals surface area contributed by atoms with Crippen LogP contribution in [0.3, 0.4) is 0 Å². The number of anilines is 3. The molecular weight excluding hydrogens is 492 g/mol. The van der Waals surface area contributed by atoms with Crippen molar-refractivity contribution >= 4 is 28.9 Å². The Hall–Kier alpha value is -5.10. The smallest absolute Gasteiger partial charge is 0.244 e. The third-order valence-electron chi connectivity index (χ3n) is 6.05. The van der Waals surface area contributed by atoms with Crippen LogP contribution in [0.2, 0.25) is 0 Å². The van der Waals surface area contributed by atoms with Crippen LogP contribution in [0.25, 0.3) is 0 Å². The highest BCUT2D eigenvalue weighted by Gasteiger charge is 2.19. The van der Waals surface area contributed by atoms with E-state index in [-0.39, 0.29) is 11.6 Å². The van der Waals surface area contributed by atoms with Gasteiger partial charge in [-0.15, -0.1) is 0 Å². The molecule has 1 unspecified atom stereocenters. The summed E-state index contributed by atoms with van der Waals surface area (Å²) in [7, 11) is 5.02. The minimum absolute atomic E-state index is 0.250. The summed E-state index contributed by atoms with van der Waals surface area (Å²) in [4.78, 5) is 21.5. The summed E-state index contributed by atoms with van der Waals surface area (Å²) in [5.41, 5.74) is 3.14. The van der Waals surface area contributed by atoms with Crippen molar-refractivity contribution in [3.05, 3.63) is 89.8 Å². The van der Waals surface area contributed by atoms with Gasteiger partial charge in [0.15, 0.2) is 0 Å². The van der Waals surface area contributed by atoms with Crippen LogP contribution in [0.15, 0.2) is 78.7 Å². The Balaban J connectivity index is 1.57. The normalized spacial score (nSPS) is 16.2. The van der Waals surface area contributed by atoms with Gasteiger partial charge < -0.3 is 25.4 Å². The Bertz CT molecular complexity index is 1470. The number of ether oxygens (including phenoxy) is 2. The number of hydrogen-bond acceptors (Lipinski definition) is 8. The van der Waals surface area contributed by atoms with E-state index in [1.807, 2.05) is 30.3 Å². The Kier molecular flexibility index (Phi) is 8.93. The van der Waals surface area contributed by atoms with Gasteiger partial charge in [-0.2, -0.15) is 0 Å². The van der Waals surface area contributed by atoms with E-state index in [1.165, 1.54) is 0 Å². The minimum atomic E-state index is -0.679. The van der Waals surface area contributed by atoms with E-state index < -0.39 is 5.92 Å². The van der Waals surface area contributed by atoms with Crippen LogP contribution in [0, 0.1) is 23.2 Å². The summed E-state index contributed by atoms with van der Waals surface area (Å²) >= 11 is 0. The van der Waals surface area contributed by atoms with Gasteiger partial charge in [-0.05, 0) is 35.9 Å². The Morgan fingerprint density at radius 1 is 1.13 bits per heavy atom. The number of carbonyl (C=O) groups excluding carboxylic acids is 1. The Labute approximate surface area is 227 Å². The first-order valence-corrected chi connectivity index (χ1v) is 12.3. The van der Waals surface area contributed by atoms with E-state index >= 15 is 0 Å².